The first kappa shape index (κ1) is 14.8. The number of rotatable bonds is 5. The summed E-state index contributed by atoms with van der Waals surface area (Å²) in [6.07, 6.45) is 1.03. The van der Waals surface area contributed by atoms with Gasteiger partial charge in [0.2, 0.25) is 0 Å². The fourth-order valence-corrected chi connectivity index (χ4v) is 3.69. The SMILES string of the molecule is CCCNS(=O)(=O)N1CC(C(=O)O)Cc2ccccc21. The molecular formula is C13H18N2O4S. The number of para-hydroxylation sites is 1. The number of fused-ring (bicyclic) bond motifs is 1. The number of carboxylic acid groups (broad SMARTS) is 1. The summed E-state index contributed by atoms with van der Waals surface area (Å²) in [5.41, 5.74) is 1.31. The fourth-order valence-electron chi connectivity index (χ4n) is 2.26. The summed E-state index contributed by atoms with van der Waals surface area (Å²) in [5.74, 6) is -1.70. The molecule has 1 aliphatic heterocycles. The minimum atomic E-state index is -3.71. The first-order chi connectivity index (χ1) is 9.45. The molecule has 1 heterocycles. The number of nitrogens with one attached hydrogen (secondary N) is 1. The van der Waals surface area contributed by atoms with E-state index in [9.17, 15) is 18.3 Å². The van der Waals surface area contributed by atoms with Gasteiger partial charge >= 0.3 is 16.2 Å². The molecule has 0 radical (unpaired) electrons. The van der Waals surface area contributed by atoms with Gasteiger partial charge in [0.05, 0.1) is 11.6 Å². The summed E-state index contributed by atoms with van der Waals surface area (Å²) in [6, 6.07) is 7.01. The Hall–Kier alpha value is -1.60. The zero-order valence-corrected chi connectivity index (χ0v) is 12.1. The Labute approximate surface area is 118 Å². The van der Waals surface area contributed by atoms with Gasteiger partial charge in [-0.25, -0.2) is 0 Å². The standard InChI is InChI=1S/C13H18N2O4S/c1-2-7-14-20(18,19)15-9-11(13(16)17)8-10-5-3-4-6-12(10)15/h3-6,11,14H,2,7-9H2,1H3,(H,16,17). The highest BCUT2D eigenvalue weighted by molar-refractivity contribution is 7.90. The predicted octanol–water partition coefficient (Wildman–Crippen LogP) is 0.994. The van der Waals surface area contributed by atoms with Gasteiger partial charge in [-0.3, -0.25) is 9.10 Å². The van der Waals surface area contributed by atoms with Crippen LogP contribution in [0.25, 0.3) is 0 Å². The highest BCUT2D eigenvalue weighted by atomic mass is 32.2. The van der Waals surface area contributed by atoms with Gasteiger partial charge in [0.15, 0.2) is 0 Å². The smallest absolute Gasteiger partial charge is 0.308 e. The minimum Gasteiger partial charge on any atom is -0.481 e. The van der Waals surface area contributed by atoms with E-state index >= 15 is 0 Å². The van der Waals surface area contributed by atoms with Crippen molar-refractivity contribution < 1.29 is 18.3 Å². The number of carbonyl (C=O) groups is 1. The highest BCUT2D eigenvalue weighted by Gasteiger charge is 2.34. The molecular weight excluding hydrogens is 280 g/mol. The van der Waals surface area contributed by atoms with Crippen LogP contribution in [-0.4, -0.2) is 32.6 Å². The van der Waals surface area contributed by atoms with Gasteiger partial charge in [-0.1, -0.05) is 25.1 Å². The zero-order chi connectivity index (χ0) is 14.8. The van der Waals surface area contributed by atoms with Crippen LogP contribution >= 0.6 is 0 Å². The molecule has 1 unspecified atom stereocenters. The monoisotopic (exact) mass is 298 g/mol. The second kappa shape index (κ2) is 5.80. The quantitative estimate of drug-likeness (QED) is 0.849. The molecule has 0 amide bonds. The van der Waals surface area contributed by atoms with Gasteiger partial charge in [-0.05, 0) is 24.5 Å². The van der Waals surface area contributed by atoms with Crippen molar-refractivity contribution in [3.8, 4) is 0 Å². The van der Waals surface area contributed by atoms with E-state index < -0.39 is 22.1 Å². The van der Waals surface area contributed by atoms with Crippen LogP contribution in [0, 0.1) is 5.92 Å². The second-order valence-corrected chi connectivity index (χ2v) is 6.48. The van der Waals surface area contributed by atoms with Crippen LogP contribution in [0.5, 0.6) is 0 Å². The number of anilines is 1. The summed E-state index contributed by atoms with van der Waals surface area (Å²) in [7, 11) is -3.71. The number of carboxylic acids is 1. The Morgan fingerprint density at radius 2 is 2.15 bits per heavy atom. The molecule has 1 aromatic rings. The van der Waals surface area contributed by atoms with Crippen molar-refractivity contribution in [2.45, 2.75) is 19.8 Å². The van der Waals surface area contributed by atoms with Gasteiger partial charge in [-0.15, -0.1) is 0 Å². The average molecular weight is 298 g/mol. The van der Waals surface area contributed by atoms with Gasteiger partial charge in [0.25, 0.3) is 0 Å². The van der Waals surface area contributed by atoms with E-state index in [1.165, 1.54) is 4.31 Å². The van der Waals surface area contributed by atoms with E-state index in [0.717, 1.165) is 5.56 Å². The maximum absolute atomic E-state index is 12.3. The lowest BCUT2D eigenvalue weighted by Crippen LogP contribution is -2.47. The molecule has 1 atom stereocenters. The van der Waals surface area contributed by atoms with Crippen LogP contribution < -0.4 is 9.03 Å². The molecule has 20 heavy (non-hydrogen) atoms. The third-order valence-electron chi connectivity index (χ3n) is 3.29. The normalized spacial score (nSPS) is 18.6. The molecule has 0 aliphatic carbocycles. The zero-order valence-electron chi connectivity index (χ0n) is 11.2. The van der Waals surface area contributed by atoms with Gasteiger partial charge in [0, 0.05) is 13.1 Å². The minimum absolute atomic E-state index is 0.0363. The Balaban J connectivity index is 2.38. The summed E-state index contributed by atoms with van der Waals surface area (Å²) in [4.78, 5) is 11.2. The molecule has 0 aromatic heterocycles. The molecule has 1 aromatic carbocycles. The van der Waals surface area contributed by atoms with Gasteiger partial charge < -0.3 is 5.11 Å². The van der Waals surface area contributed by atoms with E-state index in [-0.39, 0.29) is 6.54 Å². The van der Waals surface area contributed by atoms with E-state index in [0.29, 0.717) is 25.1 Å². The van der Waals surface area contributed by atoms with Crippen molar-refractivity contribution in [2.24, 2.45) is 5.92 Å². The van der Waals surface area contributed by atoms with Gasteiger partial charge in [-0.2, -0.15) is 13.1 Å². The van der Waals surface area contributed by atoms with Crippen LogP contribution in [-0.2, 0) is 21.4 Å². The van der Waals surface area contributed by atoms with Crippen molar-refractivity contribution in [1.82, 2.24) is 4.72 Å². The third-order valence-corrected chi connectivity index (χ3v) is 4.78. The van der Waals surface area contributed by atoms with Crippen LogP contribution in [0.1, 0.15) is 18.9 Å². The molecule has 0 spiro atoms. The predicted molar refractivity (Wildman–Crippen MR) is 75.8 cm³/mol. The van der Waals surface area contributed by atoms with E-state index in [1.54, 1.807) is 24.3 Å². The van der Waals surface area contributed by atoms with E-state index in [2.05, 4.69) is 4.72 Å². The summed E-state index contributed by atoms with van der Waals surface area (Å²) < 4.78 is 28.2. The van der Waals surface area contributed by atoms with Crippen molar-refractivity contribution in [1.29, 1.82) is 0 Å². The summed E-state index contributed by atoms with van der Waals surface area (Å²) >= 11 is 0. The summed E-state index contributed by atoms with van der Waals surface area (Å²) in [5, 5.41) is 9.18. The van der Waals surface area contributed by atoms with Crippen molar-refractivity contribution in [2.75, 3.05) is 17.4 Å². The number of benzene rings is 1. The number of aliphatic carboxylic acids is 1. The number of nitrogens with zero attached hydrogens (tertiary/aromatic N) is 1. The molecule has 1 aliphatic rings. The molecule has 0 saturated carbocycles. The highest BCUT2D eigenvalue weighted by Crippen LogP contribution is 2.31. The molecule has 7 heteroatoms. The Kier molecular flexibility index (Phi) is 4.29. The molecule has 6 nitrogen and oxygen atoms in total. The molecule has 0 fully saturated rings. The Morgan fingerprint density at radius 1 is 1.45 bits per heavy atom. The molecule has 0 saturated heterocycles. The van der Waals surface area contributed by atoms with E-state index in [1.807, 2.05) is 6.92 Å². The Morgan fingerprint density at radius 3 is 2.80 bits per heavy atom. The average Bonchev–Trinajstić information content (AvgIpc) is 2.43. The van der Waals surface area contributed by atoms with Crippen molar-refractivity contribution in [3.05, 3.63) is 29.8 Å². The molecule has 2 N–H and O–H groups in total. The number of hydrogen-bond acceptors (Lipinski definition) is 3. The molecule has 2 rings (SSSR count). The van der Waals surface area contributed by atoms with Crippen LogP contribution in [0.2, 0.25) is 0 Å². The van der Waals surface area contributed by atoms with Crippen molar-refractivity contribution in [3.63, 3.8) is 0 Å². The second-order valence-electron chi connectivity index (χ2n) is 4.80. The van der Waals surface area contributed by atoms with Crippen LogP contribution in [0.4, 0.5) is 5.69 Å². The van der Waals surface area contributed by atoms with Crippen LogP contribution in [0.3, 0.4) is 0 Å². The Bertz CT molecular complexity index is 600. The maximum Gasteiger partial charge on any atom is 0.308 e. The third kappa shape index (κ3) is 2.94. The number of hydrogen-bond donors (Lipinski definition) is 2. The van der Waals surface area contributed by atoms with Crippen LogP contribution in [0.15, 0.2) is 24.3 Å². The lowest BCUT2D eigenvalue weighted by Gasteiger charge is -2.33. The lowest BCUT2D eigenvalue weighted by molar-refractivity contribution is -0.141. The fraction of sp³-hybridized carbons (Fsp3) is 0.462. The molecule has 0 bridgehead atoms. The summed E-state index contributed by atoms with van der Waals surface area (Å²) in [6.45, 7) is 2.16. The topological polar surface area (TPSA) is 86.7 Å². The van der Waals surface area contributed by atoms with Gasteiger partial charge in [0.1, 0.15) is 0 Å². The lowest BCUT2D eigenvalue weighted by atomic mass is 9.94. The van der Waals surface area contributed by atoms with E-state index in [4.69, 9.17) is 0 Å². The largest absolute Gasteiger partial charge is 0.481 e. The first-order valence-corrected chi connectivity index (χ1v) is 7.97. The maximum atomic E-state index is 12.3. The first-order valence-electron chi connectivity index (χ1n) is 6.53. The van der Waals surface area contributed by atoms with Crippen molar-refractivity contribution >= 4 is 21.9 Å². The molecule has 110 valence electrons.